The zero-order valence-corrected chi connectivity index (χ0v) is 13.8. The van der Waals surface area contributed by atoms with E-state index in [1.807, 2.05) is 4.90 Å². The van der Waals surface area contributed by atoms with Gasteiger partial charge in [0.15, 0.2) is 6.61 Å². The molecule has 0 bridgehead atoms. The summed E-state index contributed by atoms with van der Waals surface area (Å²) in [6.45, 7) is 3.30. The number of likely N-dealkylation sites (N-methyl/N-ethyl adjacent to an activating group) is 1. The van der Waals surface area contributed by atoms with Crippen LogP contribution in [0.2, 0.25) is 0 Å². The molecule has 0 saturated carbocycles. The first kappa shape index (κ1) is 17.7. The number of hydrogen-bond donors (Lipinski definition) is 1. The van der Waals surface area contributed by atoms with Crippen LogP contribution in [0.15, 0.2) is 18.2 Å². The maximum atomic E-state index is 12.3. The second-order valence-corrected chi connectivity index (χ2v) is 5.88. The third-order valence-corrected chi connectivity index (χ3v) is 4.15. The van der Waals surface area contributed by atoms with Crippen LogP contribution in [0.3, 0.4) is 0 Å². The normalized spacial score (nSPS) is 15.0. The zero-order chi connectivity index (χ0) is 17.7. The van der Waals surface area contributed by atoms with Gasteiger partial charge in [0.05, 0.1) is 16.2 Å². The lowest BCUT2D eigenvalue weighted by atomic mass is 9.98. The van der Waals surface area contributed by atoms with E-state index in [4.69, 9.17) is 4.74 Å². The number of nitrogens with one attached hydrogen (secondary N) is 1. The van der Waals surface area contributed by atoms with Crippen molar-refractivity contribution in [2.24, 2.45) is 5.92 Å². The summed E-state index contributed by atoms with van der Waals surface area (Å²) >= 11 is 0. The predicted molar refractivity (Wildman–Crippen MR) is 88.1 cm³/mol. The summed E-state index contributed by atoms with van der Waals surface area (Å²) in [5.74, 6) is -0.569. The zero-order valence-electron chi connectivity index (χ0n) is 13.8. The first-order chi connectivity index (χ1) is 11.4. The summed E-state index contributed by atoms with van der Waals surface area (Å²) < 4.78 is 4.97. The van der Waals surface area contributed by atoms with Crippen molar-refractivity contribution in [2.75, 3.05) is 31.6 Å². The minimum absolute atomic E-state index is 0.114. The topological polar surface area (TPSA) is 102 Å². The van der Waals surface area contributed by atoms with Crippen LogP contribution in [0.4, 0.5) is 11.4 Å². The number of nitrogens with zero attached hydrogens (tertiary/aromatic N) is 2. The Bertz CT molecular complexity index is 639. The molecule has 0 aromatic heterocycles. The molecule has 1 fully saturated rings. The van der Waals surface area contributed by atoms with Crippen LogP contribution in [-0.4, -0.2) is 43.5 Å². The SMILES string of the molecule is CNC(=O)COC(=O)c1cc([N+](=O)[O-])ccc1N1CCC(C)CC1. The monoisotopic (exact) mass is 335 g/mol. The molecular weight excluding hydrogens is 314 g/mol. The molecule has 24 heavy (non-hydrogen) atoms. The lowest BCUT2D eigenvalue weighted by Gasteiger charge is -2.33. The molecule has 0 atom stereocenters. The molecule has 130 valence electrons. The Morgan fingerprint density at radius 1 is 1.38 bits per heavy atom. The van der Waals surface area contributed by atoms with E-state index in [1.165, 1.54) is 19.2 Å². The van der Waals surface area contributed by atoms with Crippen LogP contribution in [0.25, 0.3) is 0 Å². The Balaban J connectivity index is 2.27. The molecule has 1 aliphatic heterocycles. The van der Waals surface area contributed by atoms with Gasteiger partial charge in [-0.15, -0.1) is 0 Å². The third kappa shape index (κ3) is 4.21. The lowest BCUT2D eigenvalue weighted by molar-refractivity contribution is -0.384. The molecular formula is C16H21N3O5. The Hall–Kier alpha value is -2.64. The van der Waals surface area contributed by atoms with E-state index in [1.54, 1.807) is 6.07 Å². The molecule has 1 amide bonds. The van der Waals surface area contributed by atoms with Gasteiger partial charge in [0.1, 0.15) is 0 Å². The van der Waals surface area contributed by atoms with Crippen molar-refractivity contribution < 1.29 is 19.2 Å². The summed E-state index contributed by atoms with van der Waals surface area (Å²) in [5, 5.41) is 13.3. The van der Waals surface area contributed by atoms with Gasteiger partial charge in [0.2, 0.25) is 0 Å². The fourth-order valence-electron chi connectivity index (χ4n) is 2.61. The number of nitro groups is 1. The fourth-order valence-corrected chi connectivity index (χ4v) is 2.61. The van der Waals surface area contributed by atoms with Crippen LogP contribution < -0.4 is 10.2 Å². The highest BCUT2D eigenvalue weighted by atomic mass is 16.6. The summed E-state index contributed by atoms with van der Waals surface area (Å²) in [6, 6.07) is 4.16. The number of benzene rings is 1. The molecule has 1 aromatic rings. The number of piperidine rings is 1. The smallest absolute Gasteiger partial charge is 0.341 e. The quantitative estimate of drug-likeness (QED) is 0.499. The van der Waals surface area contributed by atoms with Crippen LogP contribution >= 0.6 is 0 Å². The van der Waals surface area contributed by atoms with E-state index < -0.39 is 23.4 Å². The molecule has 2 rings (SSSR count). The molecule has 0 radical (unpaired) electrons. The first-order valence-electron chi connectivity index (χ1n) is 7.83. The second-order valence-electron chi connectivity index (χ2n) is 5.88. The molecule has 1 aliphatic rings. The summed E-state index contributed by atoms with van der Waals surface area (Å²) in [6.07, 6.45) is 1.98. The van der Waals surface area contributed by atoms with Gasteiger partial charge in [-0.05, 0) is 24.8 Å². The first-order valence-corrected chi connectivity index (χ1v) is 7.83. The molecule has 1 saturated heterocycles. The van der Waals surface area contributed by atoms with Gasteiger partial charge in [-0.3, -0.25) is 14.9 Å². The molecule has 8 nitrogen and oxygen atoms in total. The predicted octanol–water partition coefficient (Wildman–Crippen LogP) is 1.73. The molecule has 0 aliphatic carbocycles. The van der Waals surface area contributed by atoms with Gasteiger partial charge < -0.3 is 15.0 Å². The number of nitro benzene ring substituents is 1. The number of anilines is 1. The number of carbonyl (C=O) groups excluding carboxylic acids is 2. The highest BCUT2D eigenvalue weighted by Crippen LogP contribution is 2.29. The molecule has 1 heterocycles. The van der Waals surface area contributed by atoms with Crippen molar-refractivity contribution in [3.05, 3.63) is 33.9 Å². The molecule has 1 N–H and O–H groups in total. The average Bonchev–Trinajstić information content (AvgIpc) is 2.59. The largest absolute Gasteiger partial charge is 0.452 e. The summed E-state index contributed by atoms with van der Waals surface area (Å²) in [4.78, 5) is 36.0. The van der Waals surface area contributed by atoms with E-state index in [-0.39, 0.29) is 11.3 Å². The number of hydrogen-bond acceptors (Lipinski definition) is 6. The fraction of sp³-hybridized carbons (Fsp3) is 0.500. The Labute approximate surface area is 139 Å². The Morgan fingerprint density at radius 3 is 2.62 bits per heavy atom. The summed E-state index contributed by atoms with van der Waals surface area (Å²) in [5.41, 5.74) is 0.535. The van der Waals surface area contributed by atoms with E-state index in [0.29, 0.717) is 11.6 Å². The van der Waals surface area contributed by atoms with Crippen molar-refractivity contribution in [2.45, 2.75) is 19.8 Å². The number of carbonyl (C=O) groups is 2. The highest BCUT2D eigenvalue weighted by molar-refractivity contribution is 5.97. The number of non-ortho nitro benzene ring substituents is 1. The van der Waals surface area contributed by atoms with Gasteiger partial charge in [0.25, 0.3) is 11.6 Å². The molecule has 8 heteroatoms. The number of amides is 1. The summed E-state index contributed by atoms with van der Waals surface area (Å²) in [7, 11) is 1.43. The van der Waals surface area contributed by atoms with Gasteiger partial charge in [-0.1, -0.05) is 6.92 Å². The van der Waals surface area contributed by atoms with Gasteiger partial charge in [-0.25, -0.2) is 4.79 Å². The Kier molecular flexibility index (Phi) is 5.73. The van der Waals surface area contributed by atoms with Crippen molar-refractivity contribution in [3.8, 4) is 0 Å². The minimum Gasteiger partial charge on any atom is -0.452 e. The average molecular weight is 335 g/mol. The van der Waals surface area contributed by atoms with Crippen molar-refractivity contribution in [1.29, 1.82) is 0 Å². The van der Waals surface area contributed by atoms with Crippen molar-refractivity contribution in [3.63, 3.8) is 0 Å². The van der Waals surface area contributed by atoms with E-state index >= 15 is 0 Å². The highest BCUT2D eigenvalue weighted by Gasteiger charge is 2.24. The van der Waals surface area contributed by atoms with E-state index in [0.717, 1.165) is 25.9 Å². The standard InChI is InChI=1S/C16H21N3O5/c1-11-5-7-18(8-6-11)14-4-3-12(19(22)23)9-13(14)16(21)24-10-15(20)17-2/h3-4,9,11H,5-8,10H2,1-2H3,(H,17,20). The van der Waals surface area contributed by atoms with E-state index in [2.05, 4.69) is 12.2 Å². The molecule has 1 aromatic carbocycles. The van der Waals surface area contributed by atoms with Gasteiger partial charge in [0, 0.05) is 32.3 Å². The number of esters is 1. The lowest BCUT2D eigenvalue weighted by Crippen LogP contribution is -2.34. The third-order valence-electron chi connectivity index (χ3n) is 4.15. The Morgan fingerprint density at radius 2 is 2.04 bits per heavy atom. The minimum atomic E-state index is -0.740. The maximum absolute atomic E-state index is 12.3. The van der Waals surface area contributed by atoms with Crippen LogP contribution in [0, 0.1) is 16.0 Å². The number of ether oxygens (including phenoxy) is 1. The van der Waals surface area contributed by atoms with Crippen LogP contribution in [0.5, 0.6) is 0 Å². The number of rotatable bonds is 5. The molecule has 0 spiro atoms. The van der Waals surface area contributed by atoms with Gasteiger partial charge >= 0.3 is 5.97 Å². The molecule has 0 unspecified atom stereocenters. The second kappa shape index (κ2) is 7.76. The maximum Gasteiger partial charge on any atom is 0.341 e. The van der Waals surface area contributed by atoms with Crippen LogP contribution in [-0.2, 0) is 9.53 Å². The van der Waals surface area contributed by atoms with Crippen LogP contribution in [0.1, 0.15) is 30.1 Å². The van der Waals surface area contributed by atoms with Gasteiger partial charge in [-0.2, -0.15) is 0 Å². The van der Waals surface area contributed by atoms with Crippen molar-refractivity contribution >= 4 is 23.3 Å². The van der Waals surface area contributed by atoms with Crippen molar-refractivity contribution in [1.82, 2.24) is 5.32 Å². The van der Waals surface area contributed by atoms with E-state index in [9.17, 15) is 19.7 Å².